The fourth-order valence-electron chi connectivity index (χ4n) is 3.30. The number of rotatable bonds is 7. The molecule has 1 aromatic heterocycles. The summed E-state index contributed by atoms with van der Waals surface area (Å²) < 4.78 is 5.41. The van der Waals surface area contributed by atoms with Crippen LogP contribution < -0.4 is 5.32 Å². The lowest BCUT2D eigenvalue weighted by Crippen LogP contribution is -2.50. The average molecular weight is 369 g/mol. The molecule has 1 saturated carbocycles. The highest BCUT2D eigenvalue weighted by Gasteiger charge is 2.24. The van der Waals surface area contributed by atoms with Gasteiger partial charge in [0.25, 0.3) is 0 Å². The zero-order chi connectivity index (χ0) is 18.6. The molecule has 2 heterocycles. The van der Waals surface area contributed by atoms with Crippen LogP contribution in [0.5, 0.6) is 0 Å². The Hall–Kier alpha value is -2.25. The van der Waals surface area contributed by atoms with Crippen LogP contribution in [0.3, 0.4) is 0 Å². The molecular weight excluding hydrogens is 342 g/mol. The third-order valence-electron chi connectivity index (χ3n) is 5.27. The van der Waals surface area contributed by atoms with Gasteiger partial charge in [-0.1, -0.05) is 35.0 Å². The summed E-state index contributed by atoms with van der Waals surface area (Å²) >= 11 is 0. The lowest BCUT2D eigenvalue weighted by molar-refractivity contribution is -0.132. The van der Waals surface area contributed by atoms with E-state index in [0.29, 0.717) is 24.8 Å². The molecule has 27 heavy (non-hydrogen) atoms. The standard InChI is InChI=1S/C20H27N5O2/c1-15-2-6-17(7-3-15)20-22-18(27-23-20)14-24-8-10-25(11-9-24)19(26)13-21-12-16-4-5-16/h2-3,6-7,16,21H,4-5,8-14H2,1H3. The van der Waals surface area contributed by atoms with Gasteiger partial charge in [0.2, 0.25) is 17.6 Å². The molecule has 1 saturated heterocycles. The SMILES string of the molecule is Cc1ccc(-c2noc(CN3CCN(C(=O)CNCC4CC4)CC3)n2)cc1. The number of amides is 1. The highest BCUT2D eigenvalue weighted by atomic mass is 16.5. The van der Waals surface area contributed by atoms with Gasteiger partial charge in [-0.3, -0.25) is 9.69 Å². The smallest absolute Gasteiger partial charge is 0.241 e. The van der Waals surface area contributed by atoms with Crippen LogP contribution in [0, 0.1) is 12.8 Å². The Morgan fingerprint density at radius 2 is 1.93 bits per heavy atom. The molecule has 0 atom stereocenters. The van der Waals surface area contributed by atoms with Crippen LogP contribution >= 0.6 is 0 Å². The van der Waals surface area contributed by atoms with Crippen LogP contribution in [0.15, 0.2) is 28.8 Å². The van der Waals surface area contributed by atoms with Crippen molar-refractivity contribution in [3.63, 3.8) is 0 Å². The van der Waals surface area contributed by atoms with Crippen LogP contribution in [-0.4, -0.2) is 65.1 Å². The third kappa shape index (κ3) is 4.93. The molecule has 0 radical (unpaired) electrons. The van der Waals surface area contributed by atoms with Crippen LogP contribution in [0.1, 0.15) is 24.3 Å². The molecule has 2 aliphatic rings. The summed E-state index contributed by atoms with van der Waals surface area (Å²) in [6.07, 6.45) is 2.61. The molecule has 4 rings (SSSR count). The Labute approximate surface area is 159 Å². The number of hydrogen-bond acceptors (Lipinski definition) is 6. The van der Waals surface area contributed by atoms with Crippen molar-refractivity contribution in [3.05, 3.63) is 35.7 Å². The first-order chi connectivity index (χ1) is 13.2. The van der Waals surface area contributed by atoms with Crippen LogP contribution in [0.2, 0.25) is 0 Å². The molecule has 0 unspecified atom stereocenters. The summed E-state index contributed by atoms with van der Waals surface area (Å²) in [5, 5.41) is 7.37. The van der Waals surface area contributed by atoms with Crippen molar-refractivity contribution < 1.29 is 9.32 Å². The second kappa shape index (κ2) is 8.19. The first kappa shape index (κ1) is 18.1. The molecule has 1 aliphatic carbocycles. The second-order valence-corrected chi connectivity index (χ2v) is 7.61. The van der Waals surface area contributed by atoms with E-state index in [1.54, 1.807) is 0 Å². The zero-order valence-electron chi connectivity index (χ0n) is 15.9. The Balaban J connectivity index is 1.23. The van der Waals surface area contributed by atoms with Crippen molar-refractivity contribution >= 4 is 5.91 Å². The van der Waals surface area contributed by atoms with E-state index < -0.39 is 0 Å². The maximum atomic E-state index is 12.3. The number of carbonyl (C=O) groups excluding carboxylic acids is 1. The molecule has 0 bridgehead atoms. The summed E-state index contributed by atoms with van der Waals surface area (Å²) in [6, 6.07) is 8.10. The van der Waals surface area contributed by atoms with E-state index in [4.69, 9.17) is 4.52 Å². The topological polar surface area (TPSA) is 74.5 Å². The minimum absolute atomic E-state index is 0.203. The van der Waals surface area contributed by atoms with Crippen molar-refractivity contribution in [3.8, 4) is 11.4 Å². The van der Waals surface area contributed by atoms with Gasteiger partial charge in [0.05, 0.1) is 13.1 Å². The molecular formula is C20H27N5O2. The number of piperazine rings is 1. The van der Waals surface area contributed by atoms with Crippen molar-refractivity contribution in [2.45, 2.75) is 26.3 Å². The van der Waals surface area contributed by atoms with Gasteiger partial charge in [-0.05, 0) is 32.2 Å². The van der Waals surface area contributed by atoms with Gasteiger partial charge in [0, 0.05) is 31.7 Å². The molecule has 0 spiro atoms. The highest BCUT2D eigenvalue weighted by Crippen LogP contribution is 2.27. The maximum Gasteiger partial charge on any atom is 0.241 e. The van der Waals surface area contributed by atoms with Gasteiger partial charge in [-0.25, -0.2) is 0 Å². The Morgan fingerprint density at radius 1 is 1.19 bits per heavy atom. The van der Waals surface area contributed by atoms with E-state index >= 15 is 0 Å². The number of carbonyl (C=O) groups is 1. The normalized spacial score (nSPS) is 18.0. The minimum Gasteiger partial charge on any atom is -0.339 e. The van der Waals surface area contributed by atoms with E-state index in [1.807, 2.05) is 29.2 Å². The molecule has 1 amide bonds. The largest absolute Gasteiger partial charge is 0.339 e. The second-order valence-electron chi connectivity index (χ2n) is 7.61. The molecule has 1 N–H and O–H groups in total. The predicted octanol–water partition coefficient (Wildman–Crippen LogP) is 1.69. The molecule has 7 heteroatoms. The fourth-order valence-corrected chi connectivity index (χ4v) is 3.30. The number of nitrogens with one attached hydrogen (secondary N) is 1. The number of aryl methyl sites for hydroxylation is 1. The van der Waals surface area contributed by atoms with Crippen molar-refractivity contribution in [1.82, 2.24) is 25.3 Å². The Morgan fingerprint density at radius 3 is 2.63 bits per heavy atom. The van der Waals surface area contributed by atoms with Crippen LogP contribution in [0.25, 0.3) is 11.4 Å². The van der Waals surface area contributed by atoms with Gasteiger partial charge >= 0.3 is 0 Å². The van der Waals surface area contributed by atoms with Gasteiger partial charge < -0.3 is 14.7 Å². The summed E-state index contributed by atoms with van der Waals surface area (Å²) in [5.41, 5.74) is 2.17. The molecule has 2 aromatic rings. The van der Waals surface area contributed by atoms with E-state index in [9.17, 15) is 4.79 Å². The van der Waals surface area contributed by atoms with E-state index in [-0.39, 0.29) is 5.91 Å². The number of nitrogens with zero attached hydrogens (tertiary/aromatic N) is 4. The van der Waals surface area contributed by atoms with E-state index in [0.717, 1.165) is 44.2 Å². The quantitative estimate of drug-likeness (QED) is 0.801. The molecule has 7 nitrogen and oxygen atoms in total. The first-order valence-electron chi connectivity index (χ1n) is 9.78. The summed E-state index contributed by atoms with van der Waals surface area (Å²) in [7, 11) is 0. The fraction of sp³-hybridized carbons (Fsp3) is 0.550. The molecule has 144 valence electrons. The molecule has 2 fully saturated rings. The van der Waals surface area contributed by atoms with E-state index in [1.165, 1.54) is 18.4 Å². The van der Waals surface area contributed by atoms with Gasteiger partial charge in [-0.2, -0.15) is 4.98 Å². The summed E-state index contributed by atoms with van der Waals surface area (Å²) in [5.74, 6) is 2.25. The highest BCUT2D eigenvalue weighted by molar-refractivity contribution is 5.78. The lowest BCUT2D eigenvalue weighted by atomic mass is 10.1. The monoisotopic (exact) mass is 369 g/mol. The summed E-state index contributed by atoms with van der Waals surface area (Å²) in [6.45, 7) is 7.28. The van der Waals surface area contributed by atoms with Gasteiger partial charge in [0.1, 0.15) is 0 Å². The number of hydrogen-bond donors (Lipinski definition) is 1. The van der Waals surface area contributed by atoms with Crippen molar-refractivity contribution in [2.75, 3.05) is 39.3 Å². The van der Waals surface area contributed by atoms with Crippen molar-refractivity contribution in [1.29, 1.82) is 0 Å². The number of benzene rings is 1. The minimum atomic E-state index is 0.203. The maximum absolute atomic E-state index is 12.3. The van der Waals surface area contributed by atoms with Crippen LogP contribution in [-0.2, 0) is 11.3 Å². The third-order valence-corrected chi connectivity index (χ3v) is 5.27. The number of aromatic nitrogens is 2. The lowest BCUT2D eigenvalue weighted by Gasteiger charge is -2.34. The predicted molar refractivity (Wildman–Crippen MR) is 102 cm³/mol. The first-order valence-corrected chi connectivity index (χ1v) is 9.78. The molecule has 1 aliphatic heterocycles. The summed E-state index contributed by atoms with van der Waals surface area (Å²) in [4.78, 5) is 21.0. The Bertz CT molecular complexity index is 761. The zero-order valence-corrected chi connectivity index (χ0v) is 15.9. The van der Waals surface area contributed by atoms with Gasteiger partial charge in [0.15, 0.2) is 0 Å². The van der Waals surface area contributed by atoms with E-state index in [2.05, 4.69) is 27.3 Å². The Kier molecular flexibility index (Phi) is 5.50. The van der Waals surface area contributed by atoms with Crippen LogP contribution in [0.4, 0.5) is 0 Å². The van der Waals surface area contributed by atoms with Crippen molar-refractivity contribution in [2.24, 2.45) is 5.92 Å². The average Bonchev–Trinajstić information content (AvgIpc) is 3.39. The molecule has 1 aromatic carbocycles. The van der Waals surface area contributed by atoms with Gasteiger partial charge in [-0.15, -0.1) is 0 Å².